The van der Waals surface area contributed by atoms with Crippen molar-refractivity contribution in [3.63, 3.8) is 0 Å². The second-order valence-electron chi connectivity index (χ2n) is 5.87. The molecule has 0 heterocycles. The van der Waals surface area contributed by atoms with Gasteiger partial charge in [0.25, 0.3) is 0 Å². The molecule has 0 saturated heterocycles. The number of benzene rings is 2. The SMILES string of the molecule is CCc1ccc(NC(=O)[C@H](C)N(c2ccc(F)c(F)c2)S(C)(=O)=O)cc1. The second-order valence-corrected chi connectivity index (χ2v) is 7.73. The molecule has 1 atom stereocenters. The Balaban J connectivity index is 2.29. The molecule has 8 heteroatoms. The number of aryl methyl sites for hydroxylation is 1. The molecule has 0 unspecified atom stereocenters. The zero-order valence-electron chi connectivity index (χ0n) is 14.7. The van der Waals surface area contributed by atoms with E-state index in [1.165, 1.54) is 6.92 Å². The highest BCUT2D eigenvalue weighted by Gasteiger charge is 2.29. The predicted octanol–water partition coefficient (Wildman–Crippen LogP) is 3.32. The third-order valence-electron chi connectivity index (χ3n) is 3.88. The molecule has 2 aromatic rings. The van der Waals surface area contributed by atoms with Gasteiger partial charge in [0.2, 0.25) is 15.9 Å². The van der Waals surface area contributed by atoms with Gasteiger partial charge < -0.3 is 5.32 Å². The Morgan fingerprint density at radius 2 is 1.73 bits per heavy atom. The van der Waals surface area contributed by atoms with Crippen LogP contribution >= 0.6 is 0 Å². The van der Waals surface area contributed by atoms with Crippen LogP contribution in [0.5, 0.6) is 0 Å². The smallest absolute Gasteiger partial charge is 0.247 e. The van der Waals surface area contributed by atoms with Gasteiger partial charge in [0, 0.05) is 11.8 Å². The first-order valence-corrected chi connectivity index (χ1v) is 9.82. The first-order chi connectivity index (χ1) is 12.1. The fraction of sp³-hybridized carbons (Fsp3) is 0.278. The van der Waals surface area contributed by atoms with Crippen LogP contribution in [0.3, 0.4) is 0 Å². The molecular weight excluding hydrogens is 362 g/mol. The van der Waals surface area contributed by atoms with E-state index >= 15 is 0 Å². The van der Waals surface area contributed by atoms with Crippen LogP contribution in [0.15, 0.2) is 42.5 Å². The quantitative estimate of drug-likeness (QED) is 0.833. The highest BCUT2D eigenvalue weighted by molar-refractivity contribution is 7.92. The van der Waals surface area contributed by atoms with E-state index < -0.39 is 33.6 Å². The highest BCUT2D eigenvalue weighted by atomic mass is 32.2. The number of nitrogens with zero attached hydrogens (tertiary/aromatic N) is 1. The summed E-state index contributed by atoms with van der Waals surface area (Å²) in [7, 11) is -3.91. The number of carbonyl (C=O) groups excluding carboxylic acids is 1. The van der Waals surface area contributed by atoms with Gasteiger partial charge >= 0.3 is 0 Å². The average molecular weight is 382 g/mol. The van der Waals surface area contributed by atoms with Gasteiger partial charge in [-0.15, -0.1) is 0 Å². The lowest BCUT2D eigenvalue weighted by atomic mass is 10.1. The number of sulfonamides is 1. The molecule has 140 valence electrons. The molecule has 1 N–H and O–H groups in total. The van der Waals surface area contributed by atoms with Gasteiger partial charge in [-0.3, -0.25) is 9.10 Å². The van der Waals surface area contributed by atoms with Crippen molar-refractivity contribution < 1.29 is 22.0 Å². The molecular formula is C18H20F2N2O3S. The number of hydrogen-bond donors (Lipinski definition) is 1. The molecule has 2 aromatic carbocycles. The van der Waals surface area contributed by atoms with Gasteiger partial charge in [-0.05, 0) is 43.2 Å². The van der Waals surface area contributed by atoms with Crippen molar-refractivity contribution in [1.82, 2.24) is 0 Å². The molecule has 0 spiro atoms. The molecule has 0 fully saturated rings. The molecule has 0 aliphatic rings. The van der Waals surface area contributed by atoms with Crippen LogP contribution in [0.25, 0.3) is 0 Å². The van der Waals surface area contributed by atoms with E-state index in [0.29, 0.717) is 5.69 Å². The fourth-order valence-corrected chi connectivity index (χ4v) is 3.67. The van der Waals surface area contributed by atoms with Crippen molar-refractivity contribution in [2.75, 3.05) is 15.9 Å². The maximum absolute atomic E-state index is 13.5. The van der Waals surface area contributed by atoms with E-state index in [9.17, 15) is 22.0 Å². The van der Waals surface area contributed by atoms with Crippen molar-refractivity contribution in [2.45, 2.75) is 26.3 Å². The van der Waals surface area contributed by atoms with Crippen LogP contribution < -0.4 is 9.62 Å². The van der Waals surface area contributed by atoms with Gasteiger partial charge in [0.1, 0.15) is 6.04 Å². The zero-order chi connectivity index (χ0) is 19.5. The zero-order valence-corrected chi connectivity index (χ0v) is 15.5. The summed E-state index contributed by atoms with van der Waals surface area (Å²) in [5.74, 6) is -2.89. The van der Waals surface area contributed by atoms with E-state index in [1.54, 1.807) is 12.1 Å². The lowest BCUT2D eigenvalue weighted by molar-refractivity contribution is -0.116. The molecule has 0 bridgehead atoms. The summed E-state index contributed by atoms with van der Waals surface area (Å²) >= 11 is 0. The molecule has 0 aromatic heterocycles. The van der Waals surface area contributed by atoms with Gasteiger partial charge in [-0.2, -0.15) is 0 Å². The molecule has 26 heavy (non-hydrogen) atoms. The number of anilines is 2. The minimum atomic E-state index is -3.91. The molecule has 1 amide bonds. The number of carbonyl (C=O) groups is 1. The van der Waals surface area contributed by atoms with E-state index in [4.69, 9.17) is 0 Å². The van der Waals surface area contributed by atoms with Crippen LogP contribution in [0, 0.1) is 11.6 Å². The Labute approximate surface area is 151 Å². The molecule has 0 radical (unpaired) electrons. The van der Waals surface area contributed by atoms with E-state index in [-0.39, 0.29) is 5.69 Å². The Hall–Kier alpha value is -2.48. The van der Waals surface area contributed by atoms with E-state index in [2.05, 4.69) is 5.32 Å². The standard InChI is InChI=1S/C18H20F2N2O3S/c1-4-13-5-7-14(8-6-13)21-18(23)12(2)22(26(3,24)25)15-9-10-16(19)17(20)11-15/h5-12H,4H2,1-3H3,(H,21,23)/t12-/m0/s1. The average Bonchev–Trinajstić information content (AvgIpc) is 2.57. The Bertz CT molecular complexity index is 899. The van der Waals surface area contributed by atoms with E-state index in [0.717, 1.165) is 40.7 Å². The normalized spacial score (nSPS) is 12.5. The molecule has 0 saturated carbocycles. The highest BCUT2D eigenvalue weighted by Crippen LogP contribution is 2.24. The third-order valence-corrected chi connectivity index (χ3v) is 5.12. The van der Waals surface area contributed by atoms with Crippen molar-refractivity contribution in [3.05, 3.63) is 59.7 Å². The first kappa shape index (κ1) is 19.8. The summed E-state index contributed by atoms with van der Waals surface area (Å²) in [4.78, 5) is 12.5. The lowest BCUT2D eigenvalue weighted by Gasteiger charge is -2.28. The summed E-state index contributed by atoms with van der Waals surface area (Å²) in [6.45, 7) is 3.37. The largest absolute Gasteiger partial charge is 0.324 e. The lowest BCUT2D eigenvalue weighted by Crippen LogP contribution is -2.45. The van der Waals surface area contributed by atoms with Crippen LogP contribution in [-0.4, -0.2) is 26.6 Å². The maximum atomic E-state index is 13.5. The van der Waals surface area contributed by atoms with Crippen molar-refractivity contribution in [2.24, 2.45) is 0 Å². The van der Waals surface area contributed by atoms with Crippen molar-refractivity contribution in [1.29, 1.82) is 0 Å². The topological polar surface area (TPSA) is 66.5 Å². The van der Waals surface area contributed by atoms with Crippen LogP contribution in [-0.2, 0) is 21.2 Å². The summed E-state index contributed by atoms with van der Waals surface area (Å²) < 4.78 is 51.7. The van der Waals surface area contributed by atoms with Crippen LogP contribution in [0.2, 0.25) is 0 Å². The first-order valence-electron chi connectivity index (χ1n) is 7.97. The molecule has 2 rings (SSSR count). The third kappa shape index (κ3) is 4.57. The molecule has 0 aliphatic carbocycles. The Morgan fingerprint density at radius 1 is 1.12 bits per heavy atom. The maximum Gasteiger partial charge on any atom is 0.247 e. The van der Waals surface area contributed by atoms with E-state index in [1.807, 2.05) is 19.1 Å². The van der Waals surface area contributed by atoms with Gasteiger partial charge in [0.05, 0.1) is 11.9 Å². The van der Waals surface area contributed by atoms with Crippen LogP contribution in [0.4, 0.5) is 20.2 Å². The summed E-state index contributed by atoms with van der Waals surface area (Å²) in [6.07, 6.45) is 1.75. The predicted molar refractivity (Wildman–Crippen MR) is 97.6 cm³/mol. The summed E-state index contributed by atoms with van der Waals surface area (Å²) in [6, 6.07) is 8.64. The molecule has 5 nitrogen and oxygen atoms in total. The number of halogens is 2. The minimum absolute atomic E-state index is 0.129. The fourth-order valence-electron chi connectivity index (χ4n) is 2.50. The van der Waals surface area contributed by atoms with Gasteiger partial charge in [-0.1, -0.05) is 19.1 Å². The van der Waals surface area contributed by atoms with Gasteiger partial charge in [0.15, 0.2) is 11.6 Å². The Morgan fingerprint density at radius 3 is 2.23 bits per heavy atom. The van der Waals surface area contributed by atoms with Crippen LogP contribution in [0.1, 0.15) is 19.4 Å². The monoisotopic (exact) mass is 382 g/mol. The second kappa shape index (κ2) is 7.82. The molecule has 0 aliphatic heterocycles. The summed E-state index contributed by atoms with van der Waals surface area (Å²) in [5, 5.41) is 2.63. The summed E-state index contributed by atoms with van der Waals surface area (Å²) in [5.41, 5.74) is 1.48. The minimum Gasteiger partial charge on any atom is -0.324 e. The number of nitrogens with one attached hydrogen (secondary N) is 1. The number of amides is 1. The van der Waals surface area contributed by atoms with Crippen molar-refractivity contribution >= 4 is 27.3 Å². The Kier molecular flexibility index (Phi) is 5.97. The number of rotatable bonds is 6. The van der Waals surface area contributed by atoms with Crippen molar-refractivity contribution in [3.8, 4) is 0 Å². The number of hydrogen-bond acceptors (Lipinski definition) is 3. The van der Waals surface area contributed by atoms with Gasteiger partial charge in [-0.25, -0.2) is 17.2 Å².